The highest BCUT2D eigenvalue weighted by Crippen LogP contribution is 2.28. The van der Waals surface area contributed by atoms with E-state index in [4.69, 9.17) is 0 Å². The van der Waals surface area contributed by atoms with E-state index in [0.717, 1.165) is 12.6 Å². The van der Waals surface area contributed by atoms with E-state index in [2.05, 4.69) is 60.4 Å². The number of aryl methyl sites for hydroxylation is 2. The molecule has 1 aliphatic rings. The number of nitrogens with one attached hydrogen (secondary N) is 1. The molecule has 3 rings (SSSR count). The molecule has 1 aromatic carbocycles. The highest BCUT2D eigenvalue weighted by Gasteiger charge is 2.21. The molecule has 3 nitrogen and oxygen atoms in total. The lowest BCUT2D eigenvalue weighted by Gasteiger charge is -2.23. The number of anilines is 2. The molecular weight excluding hydrogens is 258 g/mol. The third kappa shape index (κ3) is 3.42. The number of aromatic nitrogens is 1. The van der Waals surface area contributed by atoms with Crippen LogP contribution in [0.1, 0.15) is 29.5 Å². The van der Waals surface area contributed by atoms with Crippen LogP contribution in [0.25, 0.3) is 0 Å². The van der Waals surface area contributed by atoms with E-state index in [9.17, 15) is 0 Å². The second kappa shape index (κ2) is 5.86. The number of rotatable bonds is 5. The highest BCUT2D eigenvalue weighted by atomic mass is 15.1. The maximum Gasteiger partial charge on any atom is 0.0640 e. The van der Waals surface area contributed by atoms with Crippen molar-refractivity contribution in [3.05, 3.63) is 53.3 Å². The minimum atomic E-state index is 0.720. The molecule has 1 aromatic heterocycles. The fourth-order valence-electron chi connectivity index (χ4n) is 2.69. The Hall–Kier alpha value is -1.87. The molecule has 1 heterocycles. The first-order chi connectivity index (χ1) is 10.1. The van der Waals surface area contributed by atoms with Crippen molar-refractivity contribution < 1.29 is 0 Å². The third-order valence-corrected chi connectivity index (χ3v) is 4.00. The van der Waals surface area contributed by atoms with Gasteiger partial charge in [0.1, 0.15) is 0 Å². The molecule has 0 atom stereocenters. The first kappa shape index (κ1) is 14.1. The molecule has 0 bridgehead atoms. The molecule has 0 spiro atoms. The molecular formula is C18H23N3. The van der Waals surface area contributed by atoms with Gasteiger partial charge in [-0.2, -0.15) is 0 Å². The quantitative estimate of drug-likeness (QED) is 0.905. The van der Waals surface area contributed by atoms with E-state index in [0.29, 0.717) is 0 Å². The van der Waals surface area contributed by atoms with Crippen molar-refractivity contribution in [3.63, 3.8) is 0 Å². The van der Waals surface area contributed by atoms with Crippen molar-refractivity contribution in [1.29, 1.82) is 0 Å². The molecule has 0 radical (unpaired) electrons. The summed E-state index contributed by atoms with van der Waals surface area (Å²) in [6.07, 6.45) is 6.46. The van der Waals surface area contributed by atoms with Gasteiger partial charge in [0.2, 0.25) is 0 Å². The van der Waals surface area contributed by atoms with Crippen molar-refractivity contribution >= 4 is 11.4 Å². The SMILES string of the molecule is Cc1cc(C)cc(N(C)c2cnccc2CNC2CC2)c1. The van der Waals surface area contributed by atoms with Crippen molar-refractivity contribution in [2.24, 2.45) is 0 Å². The summed E-state index contributed by atoms with van der Waals surface area (Å²) in [5.41, 5.74) is 6.28. The Morgan fingerprint density at radius 1 is 1.19 bits per heavy atom. The lowest BCUT2D eigenvalue weighted by Crippen LogP contribution is -2.19. The Morgan fingerprint density at radius 2 is 1.90 bits per heavy atom. The van der Waals surface area contributed by atoms with Crippen LogP contribution in [0.4, 0.5) is 11.4 Å². The Bertz CT molecular complexity index is 612. The molecule has 1 fully saturated rings. The first-order valence-corrected chi connectivity index (χ1v) is 7.62. The Kier molecular flexibility index (Phi) is 3.93. The molecule has 1 aliphatic carbocycles. The van der Waals surface area contributed by atoms with Crippen LogP contribution in [0.3, 0.4) is 0 Å². The summed E-state index contributed by atoms with van der Waals surface area (Å²) in [6.45, 7) is 5.20. The van der Waals surface area contributed by atoms with Crippen LogP contribution in [0.5, 0.6) is 0 Å². The van der Waals surface area contributed by atoms with Crippen molar-refractivity contribution in [2.75, 3.05) is 11.9 Å². The molecule has 2 aromatic rings. The number of nitrogens with zero attached hydrogens (tertiary/aromatic N) is 2. The van der Waals surface area contributed by atoms with E-state index in [1.165, 1.54) is 40.9 Å². The zero-order valence-corrected chi connectivity index (χ0v) is 13.1. The number of hydrogen-bond acceptors (Lipinski definition) is 3. The maximum absolute atomic E-state index is 4.31. The lowest BCUT2D eigenvalue weighted by molar-refractivity contribution is 0.687. The average molecular weight is 281 g/mol. The molecule has 0 aliphatic heterocycles. The van der Waals surface area contributed by atoms with Gasteiger partial charge in [0.25, 0.3) is 0 Å². The van der Waals surface area contributed by atoms with Gasteiger partial charge in [-0.05, 0) is 61.6 Å². The van der Waals surface area contributed by atoms with E-state index in [1.54, 1.807) is 0 Å². The third-order valence-electron chi connectivity index (χ3n) is 4.00. The van der Waals surface area contributed by atoms with Crippen molar-refractivity contribution in [2.45, 2.75) is 39.3 Å². The summed E-state index contributed by atoms with van der Waals surface area (Å²) in [4.78, 5) is 6.54. The molecule has 3 heteroatoms. The Labute approximate surface area is 127 Å². The van der Waals surface area contributed by atoms with Gasteiger partial charge in [-0.25, -0.2) is 0 Å². The normalized spacial score (nSPS) is 14.2. The molecule has 0 amide bonds. The summed E-state index contributed by atoms with van der Waals surface area (Å²) in [6, 6.07) is 9.48. The summed E-state index contributed by atoms with van der Waals surface area (Å²) in [7, 11) is 2.12. The maximum atomic E-state index is 4.31. The van der Waals surface area contributed by atoms with Crippen LogP contribution < -0.4 is 10.2 Å². The van der Waals surface area contributed by atoms with E-state index in [1.807, 2.05) is 12.4 Å². The number of benzene rings is 1. The Morgan fingerprint density at radius 3 is 2.57 bits per heavy atom. The lowest BCUT2D eigenvalue weighted by atomic mass is 10.1. The second-order valence-corrected chi connectivity index (χ2v) is 6.06. The van der Waals surface area contributed by atoms with Gasteiger partial charge in [0, 0.05) is 31.5 Å². The van der Waals surface area contributed by atoms with E-state index in [-0.39, 0.29) is 0 Å². The molecule has 0 saturated heterocycles. The van der Waals surface area contributed by atoms with Gasteiger partial charge < -0.3 is 10.2 Å². The second-order valence-electron chi connectivity index (χ2n) is 6.06. The summed E-state index contributed by atoms with van der Waals surface area (Å²) < 4.78 is 0. The summed E-state index contributed by atoms with van der Waals surface area (Å²) in [5, 5.41) is 3.59. The van der Waals surface area contributed by atoms with Gasteiger partial charge in [-0.3, -0.25) is 4.98 Å². The highest BCUT2D eigenvalue weighted by molar-refractivity contribution is 5.66. The van der Waals surface area contributed by atoms with Crippen LogP contribution >= 0.6 is 0 Å². The minimum absolute atomic E-state index is 0.720. The van der Waals surface area contributed by atoms with Crippen molar-refractivity contribution in [1.82, 2.24) is 10.3 Å². The minimum Gasteiger partial charge on any atom is -0.343 e. The predicted molar refractivity (Wildman–Crippen MR) is 88.1 cm³/mol. The summed E-state index contributed by atoms with van der Waals surface area (Å²) in [5.74, 6) is 0. The van der Waals surface area contributed by atoms with Crippen molar-refractivity contribution in [3.8, 4) is 0 Å². The summed E-state index contributed by atoms with van der Waals surface area (Å²) >= 11 is 0. The van der Waals surface area contributed by atoms with Crippen LogP contribution in [-0.2, 0) is 6.54 Å². The number of pyridine rings is 1. The standard InChI is InChI=1S/C18H23N3/c1-13-8-14(2)10-17(9-13)21(3)18-12-19-7-6-15(18)11-20-16-4-5-16/h6-10,12,16,20H,4-5,11H2,1-3H3. The van der Waals surface area contributed by atoms with Gasteiger partial charge in [-0.1, -0.05) is 6.07 Å². The predicted octanol–water partition coefficient (Wildman–Crippen LogP) is 3.72. The largest absolute Gasteiger partial charge is 0.343 e. The zero-order chi connectivity index (χ0) is 14.8. The zero-order valence-electron chi connectivity index (χ0n) is 13.1. The van der Waals surface area contributed by atoms with E-state index < -0.39 is 0 Å². The van der Waals surface area contributed by atoms with Gasteiger partial charge in [-0.15, -0.1) is 0 Å². The smallest absolute Gasteiger partial charge is 0.0640 e. The topological polar surface area (TPSA) is 28.2 Å². The molecule has 1 N–H and O–H groups in total. The van der Waals surface area contributed by atoms with Gasteiger partial charge >= 0.3 is 0 Å². The number of hydrogen-bond donors (Lipinski definition) is 1. The van der Waals surface area contributed by atoms with Crippen LogP contribution in [-0.4, -0.2) is 18.1 Å². The Balaban J connectivity index is 1.87. The molecule has 1 saturated carbocycles. The molecule has 21 heavy (non-hydrogen) atoms. The monoisotopic (exact) mass is 281 g/mol. The fraction of sp³-hybridized carbons (Fsp3) is 0.389. The van der Waals surface area contributed by atoms with Crippen LogP contribution in [0, 0.1) is 13.8 Å². The molecule has 0 unspecified atom stereocenters. The van der Waals surface area contributed by atoms with Gasteiger partial charge in [0.05, 0.1) is 11.9 Å². The average Bonchev–Trinajstić information content (AvgIpc) is 3.28. The first-order valence-electron chi connectivity index (χ1n) is 7.62. The fourth-order valence-corrected chi connectivity index (χ4v) is 2.69. The van der Waals surface area contributed by atoms with Crippen LogP contribution in [0.15, 0.2) is 36.7 Å². The van der Waals surface area contributed by atoms with Crippen LogP contribution in [0.2, 0.25) is 0 Å². The van der Waals surface area contributed by atoms with Gasteiger partial charge in [0.15, 0.2) is 0 Å². The molecule has 110 valence electrons. The van der Waals surface area contributed by atoms with E-state index >= 15 is 0 Å².